The Hall–Kier alpha value is -3.81. The molecule has 3 aromatic carbocycles. The minimum atomic E-state index is -1.58. The van der Waals surface area contributed by atoms with E-state index in [1.165, 1.54) is 6.20 Å². The fourth-order valence-corrected chi connectivity index (χ4v) is 4.50. The molecule has 4 N–H and O–H groups in total. The number of primary amides is 1. The van der Waals surface area contributed by atoms with Crippen molar-refractivity contribution < 1.29 is 14.3 Å². The summed E-state index contributed by atoms with van der Waals surface area (Å²) in [6.45, 7) is 0. The maximum Gasteiger partial charge on any atom is 0.343 e. The average Bonchev–Trinajstić information content (AvgIpc) is 3.18. The number of esters is 1. The molecule has 1 aliphatic rings. The Morgan fingerprint density at radius 3 is 2.39 bits per heavy atom. The Kier molecular flexibility index (Phi) is 5.08. The maximum absolute atomic E-state index is 12.8. The van der Waals surface area contributed by atoms with Gasteiger partial charge in [0.2, 0.25) is 5.66 Å². The number of hydrogen-bond acceptors (Lipinski definition) is 6. The maximum atomic E-state index is 12.8. The van der Waals surface area contributed by atoms with E-state index in [-0.39, 0.29) is 15.6 Å². The number of pyridine rings is 1. The number of para-hydroxylation sites is 1. The number of nitrogens with two attached hydrogens (primary N) is 1. The number of ether oxygens (including phenoxy) is 1. The highest BCUT2D eigenvalue weighted by Gasteiger charge is 2.46. The molecule has 0 radical (unpaired) electrons. The minimum absolute atomic E-state index is 0.262. The summed E-state index contributed by atoms with van der Waals surface area (Å²) in [7, 11) is 0. The van der Waals surface area contributed by atoms with E-state index in [1.807, 2.05) is 24.3 Å². The molecule has 1 amide bonds. The molecule has 0 aliphatic carbocycles. The van der Waals surface area contributed by atoms with Crippen molar-refractivity contribution in [3.8, 4) is 5.75 Å². The van der Waals surface area contributed by atoms with Gasteiger partial charge in [0.15, 0.2) is 0 Å². The zero-order valence-electron chi connectivity index (χ0n) is 16.9. The lowest BCUT2D eigenvalue weighted by Crippen LogP contribution is -2.51. The van der Waals surface area contributed by atoms with E-state index in [0.717, 1.165) is 10.9 Å². The SMILES string of the molecule is NC(=O)C1(c2c(Cl)cccc2Cl)Nc2ccc(C(=O)Oc3cnc4ccccc4c3)cc2N1. The Morgan fingerprint density at radius 2 is 1.64 bits per heavy atom. The summed E-state index contributed by atoms with van der Waals surface area (Å²) in [5.41, 5.74) is 6.54. The topological polar surface area (TPSA) is 106 Å². The molecule has 9 heteroatoms. The number of carbonyl (C=O) groups is 2. The summed E-state index contributed by atoms with van der Waals surface area (Å²) in [4.78, 5) is 29.6. The van der Waals surface area contributed by atoms with Gasteiger partial charge < -0.3 is 21.1 Å². The second-order valence-electron chi connectivity index (χ2n) is 7.47. The average molecular weight is 479 g/mol. The Morgan fingerprint density at radius 1 is 0.909 bits per heavy atom. The number of anilines is 2. The van der Waals surface area contributed by atoms with Crippen LogP contribution in [0.1, 0.15) is 15.9 Å². The van der Waals surface area contributed by atoms with E-state index in [9.17, 15) is 9.59 Å². The van der Waals surface area contributed by atoms with Gasteiger partial charge in [0.1, 0.15) is 5.75 Å². The summed E-state index contributed by atoms with van der Waals surface area (Å²) in [5, 5.41) is 7.49. The van der Waals surface area contributed by atoms with Gasteiger partial charge >= 0.3 is 5.97 Å². The summed E-state index contributed by atoms with van der Waals surface area (Å²) in [6, 6.07) is 18.9. The molecular formula is C24H16Cl2N4O3. The minimum Gasteiger partial charge on any atom is -0.421 e. The Labute approximate surface area is 198 Å². The van der Waals surface area contributed by atoms with Crippen LogP contribution in [0, 0.1) is 0 Å². The lowest BCUT2D eigenvalue weighted by molar-refractivity contribution is -0.121. The van der Waals surface area contributed by atoms with Crippen molar-refractivity contribution in [1.29, 1.82) is 0 Å². The van der Waals surface area contributed by atoms with Gasteiger partial charge in [-0.2, -0.15) is 0 Å². The van der Waals surface area contributed by atoms with Crippen molar-refractivity contribution in [2.45, 2.75) is 5.66 Å². The largest absolute Gasteiger partial charge is 0.421 e. The lowest BCUT2D eigenvalue weighted by atomic mass is 9.99. The molecule has 1 unspecified atom stereocenters. The first kappa shape index (κ1) is 21.1. The number of rotatable bonds is 4. The number of carbonyl (C=O) groups excluding carboxylic acids is 2. The van der Waals surface area contributed by atoms with Crippen molar-refractivity contribution in [3.05, 3.63) is 94.1 Å². The van der Waals surface area contributed by atoms with Crippen LogP contribution in [0.2, 0.25) is 10.0 Å². The number of benzene rings is 3. The summed E-state index contributed by atoms with van der Waals surface area (Å²) >= 11 is 12.7. The molecule has 4 aromatic rings. The normalized spacial score (nSPS) is 16.5. The predicted molar refractivity (Wildman–Crippen MR) is 128 cm³/mol. The molecule has 2 heterocycles. The van der Waals surface area contributed by atoms with Gasteiger partial charge in [-0.3, -0.25) is 9.78 Å². The summed E-state index contributed by atoms with van der Waals surface area (Å²) in [6.07, 6.45) is 1.49. The van der Waals surface area contributed by atoms with Gasteiger partial charge in [-0.15, -0.1) is 0 Å². The van der Waals surface area contributed by atoms with E-state index in [1.54, 1.807) is 42.5 Å². The molecule has 5 rings (SSSR count). The second-order valence-corrected chi connectivity index (χ2v) is 8.29. The third kappa shape index (κ3) is 3.61. The first-order valence-electron chi connectivity index (χ1n) is 9.89. The number of nitrogens with zero attached hydrogens (tertiary/aromatic N) is 1. The summed E-state index contributed by atoms with van der Waals surface area (Å²) in [5.74, 6) is -0.997. The first-order valence-corrected chi connectivity index (χ1v) is 10.6. The number of aromatic nitrogens is 1. The molecule has 0 spiro atoms. The van der Waals surface area contributed by atoms with Crippen LogP contribution >= 0.6 is 23.2 Å². The zero-order chi connectivity index (χ0) is 23.2. The van der Waals surface area contributed by atoms with Gasteiger partial charge in [0.25, 0.3) is 5.91 Å². The standard InChI is InChI=1S/C24H16Cl2N4O3/c25-16-5-3-6-17(26)21(16)24(23(27)32)29-19-9-8-14(11-20(19)30-24)22(31)33-15-10-13-4-1-2-7-18(13)28-12-15/h1-12,29-30H,(H2,27,32). The van der Waals surface area contributed by atoms with E-state index in [4.69, 9.17) is 33.7 Å². The highest BCUT2D eigenvalue weighted by Crippen LogP contribution is 2.44. The molecule has 1 atom stereocenters. The van der Waals surface area contributed by atoms with Crippen molar-refractivity contribution in [3.63, 3.8) is 0 Å². The van der Waals surface area contributed by atoms with Gasteiger partial charge in [0.05, 0.1) is 38.7 Å². The molecule has 1 aliphatic heterocycles. The number of fused-ring (bicyclic) bond motifs is 2. The highest BCUT2D eigenvalue weighted by atomic mass is 35.5. The number of amides is 1. The molecule has 33 heavy (non-hydrogen) atoms. The lowest BCUT2D eigenvalue weighted by Gasteiger charge is -2.29. The van der Waals surface area contributed by atoms with Gasteiger partial charge in [-0.1, -0.05) is 47.5 Å². The van der Waals surface area contributed by atoms with Gasteiger partial charge in [-0.25, -0.2) is 4.79 Å². The molecule has 0 saturated carbocycles. The second kappa shape index (κ2) is 7.95. The van der Waals surface area contributed by atoms with Crippen LogP contribution in [-0.2, 0) is 10.5 Å². The smallest absolute Gasteiger partial charge is 0.343 e. The molecule has 7 nitrogen and oxygen atoms in total. The van der Waals surface area contributed by atoms with Gasteiger partial charge in [-0.05, 0) is 42.5 Å². The fourth-order valence-electron chi connectivity index (χ4n) is 3.82. The van der Waals surface area contributed by atoms with Crippen LogP contribution < -0.4 is 21.1 Å². The summed E-state index contributed by atoms with van der Waals surface area (Å²) < 4.78 is 5.51. The predicted octanol–water partition coefficient (Wildman–Crippen LogP) is 4.94. The van der Waals surface area contributed by atoms with Gasteiger partial charge in [0, 0.05) is 10.9 Å². The van der Waals surface area contributed by atoms with Crippen molar-refractivity contribution in [2.24, 2.45) is 5.73 Å². The highest BCUT2D eigenvalue weighted by molar-refractivity contribution is 6.37. The van der Waals surface area contributed by atoms with Crippen LogP contribution in [0.25, 0.3) is 10.9 Å². The number of hydrogen-bond donors (Lipinski definition) is 3. The van der Waals surface area contributed by atoms with Crippen LogP contribution in [0.5, 0.6) is 5.75 Å². The van der Waals surface area contributed by atoms with Crippen LogP contribution in [0.3, 0.4) is 0 Å². The number of nitrogens with one attached hydrogen (secondary N) is 2. The Bertz CT molecular complexity index is 1420. The monoisotopic (exact) mass is 478 g/mol. The Balaban J connectivity index is 1.45. The van der Waals surface area contributed by atoms with Crippen molar-refractivity contribution in [1.82, 2.24) is 4.98 Å². The molecule has 0 saturated heterocycles. The fraction of sp³-hybridized carbons (Fsp3) is 0.0417. The zero-order valence-corrected chi connectivity index (χ0v) is 18.4. The van der Waals surface area contributed by atoms with E-state index >= 15 is 0 Å². The third-order valence-corrected chi connectivity index (χ3v) is 6.01. The molecule has 164 valence electrons. The van der Waals surface area contributed by atoms with Crippen molar-refractivity contribution >= 4 is 57.4 Å². The van der Waals surface area contributed by atoms with E-state index in [2.05, 4.69) is 15.6 Å². The van der Waals surface area contributed by atoms with Crippen LogP contribution in [0.15, 0.2) is 72.9 Å². The molecular weight excluding hydrogens is 463 g/mol. The van der Waals surface area contributed by atoms with Crippen LogP contribution in [0.4, 0.5) is 11.4 Å². The molecule has 1 aromatic heterocycles. The molecule has 0 bridgehead atoms. The van der Waals surface area contributed by atoms with Crippen LogP contribution in [-0.4, -0.2) is 16.9 Å². The quantitative estimate of drug-likeness (QED) is 0.358. The number of halogens is 2. The van der Waals surface area contributed by atoms with E-state index in [0.29, 0.717) is 22.7 Å². The first-order chi connectivity index (χ1) is 15.9. The van der Waals surface area contributed by atoms with E-state index < -0.39 is 17.5 Å². The van der Waals surface area contributed by atoms with Crippen molar-refractivity contribution in [2.75, 3.05) is 10.6 Å². The molecule has 0 fully saturated rings. The third-order valence-electron chi connectivity index (χ3n) is 5.38.